The molecule has 2 rings (SSSR count). The molecule has 1 aromatic heterocycles. The van der Waals surface area contributed by atoms with Crippen LogP contribution in [0.2, 0.25) is 0 Å². The number of nitrogens with zero attached hydrogens (tertiary/aromatic N) is 2. The van der Waals surface area contributed by atoms with Gasteiger partial charge in [0.1, 0.15) is 22.7 Å². The third-order valence-corrected chi connectivity index (χ3v) is 5.10. The summed E-state index contributed by atoms with van der Waals surface area (Å²) in [7, 11) is 0. The normalized spacial score (nSPS) is 10.8. The first-order valence-corrected chi connectivity index (χ1v) is 10.9. The second kappa shape index (κ2) is 12.3. The number of carbonyl (C=O) groups is 2. The zero-order chi connectivity index (χ0) is 24.5. The summed E-state index contributed by atoms with van der Waals surface area (Å²) in [5.41, 5.74) is -0.382. The Hall–Kier alpha value is -3.02. The van der Waals surface area contributed by atoms with Crippen molar-refractivity contribution in [2.45, 2.75) is 39.8 Å². The van der Waals surface area contributed by atoms with Gasteiger partial charge in [-0.05, 0) is 48.3 Å². The largest absolute Gasteiger partial charge is 0.472 e. The van der Waals surface area contributed by atoms with E-state index in [0.717, 1.165) is 12.1 Å². The van der Waals surface area contributed by atoms with Crippen LogP contribution in [0.5, 0.6) is 5.88 Å². The van der Waals surface area contributed by atoms with E-state index >= 15 is 0 Å². The molecule has 1 heterocycles. The van der Waals surface area contributed by atoms with Crippen molar-refractivity contribution in [3.8, 4) is 5.88 Å². The summed E-state index contributed by atoms with van der Waals surface area (Å²) in [6.45, 7) is 5.16. The number of benzene rings is 1. The molecule has 0 aliphatic carbocycles. The van der Waals surface area contributed by atoms with Gasteiger partial charge in [-0.3, -0.25) is 19.4 Å². The minimum Gasteiger partial charge on any atom is -0.472 e. The summed E-state index contributed by atoms with van der Waals surface area (Å²) in [6.07, 6.45) is 0.515. The molecule has 0 radical (unpaired) electrons. The molecular weight excluding hydrogens is 506 g/mol. The standard InChI is InChI=1S/C21H25BrF2N4O5/c1-12(2)28(8-4-7-25-17(30)11-32-13(3)29)21-26-19(31)18(22)20(27-21)33-10-14-5-6-15(23)9-16(14)24/h5-6,9,12H,4,7-8,10-11H2,1-3H3,(H,25,30)(H,26,27,31). The average Bonchev–Trinajstić information content (AvgIpc) is 2.74. The number of hydrogen-bond donors (Lipinski definition) is 2. The van der Waals surface area contributed by atoms with Crippen molar-refractivity contribution < 1.29 is 27.8 Å². The maximum absolute atomic E-state index is 13.9. The van der Waals surface area contributed by atoms with Crippen LogP contribution in [0.15, 0.2) is 27.5 Å². The molecule has 0 atom stereocenters. The van der Waals surface area contributed by atoms with E-state index in [4.69, 9.17) is 4.74 Å². The van der Waals surface area contributed by atoms with Gasteiger partial charge >= 0.3 is 5.97 Å². The van der Waals surface area contributed by atoms with Crippen LogP contribution < -0.4 is 20.5 Å². The van der Waals surface area contributed by atoms with Gasteiger partial charge in [-0.15, -0.1) is 0 Å². The van der Waals surface area contributed by atoms with Gasteiger partial charge in [0.05, 0.1) is 0 Å². The van der Waals surface area contributed by atoms with Crippen molar-refractivity contribution in [1.82, 2.24) is 15.3 Å². The molecule has 0 aliphatic rings. The molecule has 33 heavy (non-hydrogen) atoms. The van der Waals surface area contributed by atoms with Crippen LogP contribution in [0, 0.1) is 11.6 Å². The minimum atomic E-state index is -0.768. The smallest absolute Gasteiger partial charge is 0.303 e. The third kappa shape index (κ3) is 8.12. The van der Waals surface area contributed by atoms with E-state index in [1.54, 1.807) is 4.90 Å². The second-order valence-corrected chi connectivity index (χ2v) is 8.10. The van der Waals surface area contributed by atoms with Crippen LogP contribution in [0.3, 0.4) is 0 Å². The molecule has 0 saturated heterocycles. The van der Waals surface area contributed by atoms with Crippen molar-refractivity contribution in [1.29, 1.82) is 0 Å². The van der Waals surface area contributed by atoms with E-state index in [2.05, 4.69) is 36.0 Å². The number of amides is 1. The molecule has 2 N–H and O–H groups in total. The predicted octanol–water partition coefficient (Wildman–Crippen LogP) is 2.67. The first-order chi connectivity index (χ1) is 15.6. The monoisotopic (exact) mass is 530 g/mol. The Morgan fingerprint density at radius 3 is 2.67 bits per heavy atom. The summed E-state index contributed by atoms with van der Waals surface area (Å²) in [6, 6.07) is 3.05. The van der Waals surface area contributed by atoms with Gasteiger partial charge in [-0.2, -0.15) is 4.98 Å². The van der Waals surface area contributed by atoms with E-state index in [1.807, 2.05) is 13.8 Å². The van der Waals surface area contributed by atoms with Crippen molar-refractivity contribution in [3.63, 3.8) is 0 Å². The van der Waals surface area contributed by atoms with E-state index in [1.165, 1.54) is 13.0 Å². The lowest BCUT2D eigenvalue weighted by molar-refractivity contribution is -0.146. The molecule has 0 fully saturated rings. The maximum Gasteiger partial charge on any atom is 0.303 e. The Morgan fingerprint density at radius 1 is 1.30 bits per heavy atom. The lowest BCUT2D eigenvalue weighted by Crippen LogP contribution is -2.37. The van der Waals surface area contributed by atoms with Gasteiger partial charge in [-0.1, -0.05) is 0 Å². The van der Waals surface area contributed by atoms with E-state index in [0.29, 0.717) is 19.5 Å². The first kappa shape index (κ1) is 26.2. The minimum absolute atomic E-state index is 0.0372. The first-order valence-electron chi connectivity index (χ1n) is 10.1. The number of rotatable bonds is 11. The second-order valence-electron chi connectivity index (χ2n) is 7.30. The SMILES string of the molecule is CC(=O)OCC(=O)NCCCN(c1nc(OCc2ccc(F)cc2F)c(Br)c(=O)[nH]1)C(C)C. The topological polar surface area (TPSA) is 114 Å². The zero-order valence-electron chi connectivity index (χ0n) is 18.4. The van der Waals surface area contributed by atoms with Crippen molar-refractivity contribution >= 4 is 33.8 Å². The number of aromatic nitrogens is 2. The molecule has 9 nitrogen and oxygen atoms in total. The van der Waals surface area contributed by atoms with Crippen molar-refractivity contribution in [2.75, 3.05) is 24.6 Å². The number of esters is 1. The Labute approximate surface area is 197 Å². The van der Waals surface area contributed by atoms with Crippen molar-refractivity contribution in [3.05, 3.63) is 50.2 Å². The van der Waals surface area contributed by atoms with Crippen LogP contribution in [0.25, 0.3) is 0 Å². The fourth-order valence-corrected chi connectivity index (χ4v) is 3.05. The summed E-state index contributed by atoms with van der Waals surface area (Å²) in [5, 5.41) is 2.63. The Balaban J connectivity index is 2.06. The highest BCUT2D eigenvalue weighted by molar-refractivity contribution is 9.10. The molecule has 0 aliphatic heterocycles. The molecule has 1 aromatic carbocycles. The molecule has 0 saturated carbocycles. The molecule has 0 bridgehead atoms. The van der Waals surface area contributed by atoms with Crippen LogP contribution in [-0.2, 0) is 20.9 Å². The van der Waals surface area contributed by atoms with E-state index in [9.17, 15) is 23.2 Å². The van der Waals surface area contributed by atoms with Crippen LogP contribution >= 0.6 is 15.9 Å². The van der Waals surface area contributed by atoms with Gasteiger partial charge in [0.15, 0.2) is 6.61 Å². The number of nitrogens with one attached hydrogen (secondary N) is 2. The fraction of sp³-hybridized carbons (Fsp3) is 0.429. The van der Waals surface area contributed by atoms with Crippen LogP contribution in [0.4, 0.5) is 14.7 Å². The lowest BCUT2D eigenvalue weighted by Gasteiger charge is -2.27. The summed E-state index contributed by atoms with van der Waals surface area (Å²) >= 11 is 3.12. The quantitative estimate of drug-likeness (QED) is 0.339. The summed E-state index contributed by atoms with van der Waals surface area (Å²) < 4.78 is 37.2. The number of ether oxygens (including phenoxy) is 2. The lowest BCUT2D eigenvalue weighted by atomic mass is 10.2. The molecule has 2 aromatic rings. The third-order valence-electron chi connectivity index (χ3n) is 4.40. The van der Waals surface area contributed by atoms with Gasteiger partial charge in [0.2, 0.25) is 11.8 Å². The molecule has 12 heteroatoms. The predicted molar refractivity (Wildman–Crippen MR) is 120 cm³/mol. The molecule has 180 valence electrons. The highest BCUT2D eigenvalue weighted by Gasteiger charge is 2.18. The van der Waals surface area contributed by atoms with Crippen molar-refractivity contribution in [2.24, 2.45) is 0 Å². The van der Waals surface area contributed by atoms with Gasteiger partial charge in [-0.25, -0.2) is 8.78 Å². The van der Waals surface area contributed by atoms with Gasteiger partial charge < -0.3 is 19.7 Å². The average molecular weight is 531 g/mol. The molecule has 1 amide bonds. The number of carbonyl (C=O) groups excluding carboxylic acids is 2. The Morgan fingerprint density at radius 2 is 2.03 bits per heavy atom. The van der Waals surface area contributed by atoms with E-state index in [-0.39, 0.29) is 41.1 Å². The van der Waals surface area contributed by atoms with E-state index < -0.39 is 29.1 Å². The highest BCUT2D eigenvalue weighted by atomic mass is 79.9. The highest BCUT2D eigenvalue weighted by Crippen LogP contribution is 2.23. The Bertz CT molecular complexity index is 1050. The molecule has 0 spiro atoms. The number of halogens is 3. The maximum atomic E-state index is 13.9. The zero-order valence-corrected chi connectivity index (χ0v) is 20.0. The number of hydrogen-bond acceptors (Lipinski definition) is 7. The molecule has 0 unspecified atom stereocenters. The van der Waals surface area contributed by atoms with Crippen LogP contribution in [-0.4, -0.2) is 47.6 Å². The summed E-state index contributed by atoms with van der Waals surface area (Å²) in [4.78, 5) is 43.6. The summed E-state index contributed by atoms with van der Waals surface area (Å²) in [5.74, 6) is -2.24. The van der Waals surface area contributed by atoms with Crippen LogP contribution in [0.1, 0.15) is 32.8 Å². The Kier molecular flexibility index (Phi) is 9.76. The fourth-order valence-electron chi connectivity index (χ4n) is 2.75. The number of anilines is 1. The number of H-pyrrole nitrogens is 1. The molecular formula is C21H25BrF2N4O5. The van der Waals surface area contributed by atoms with Gasteiger partial charge in [0.25, 0.3) is 11.5 Å². The number of aromatic amines is 1. The van der Waals surface area contributed by atoms with Gasteiger partial charge in [0, 0.05) is 37.7 Å².